The van der Waals surface area contributed by atoms with Crippen LogP contribution in [0.1, 0.15) is 37.9 Å². The van der Waals surface area contributed by atoms with Crippen LogP contribution in [-0.4, -0.2) is 15.5 Å². The van der Waals surface area contributed by atoms with Crippen LogP contribution in [0.3, 0.4) is 0 Å². The van der Waals surface area contributed by atoms with Gasteiger partial charge in [-0.15, -0.1) is 0 Å². The first-order valence-corrected chi connectivity index (χ1v) is 8.22. The van der Waals surface area contributed by atoms with E-state index in [1.807, 2.05) is 42.1 Å². The number of nitrogens with zero attached hydrogens (tertiary/aromatic N) is 2. The molecular weight excluding hydrogens is 290 g/mol. The summed E-state index contributed by atoms with van der Waals surface area (Å²) in [5.74, 6) is 1.96. The van der Waals surface area contributed by atoms with Gasteiger partial charge in [0.25, 0.3) is 0 Å². The van der Waals surface area contributed by atoms with E-state index in [1.165, 1.54) is 6.42 Å². The Labute approximate surface area is 136 Å². The molecule has 1 fully saturated rings. The van der Waals surface area contributed by atoms with Gasteiger partial charge in [-0.25, -0.2) is 4.98 Å². The molecule has 0 spiro atoms. The Balaban J connectivity index is 1.52. The van der Waals surface area contributed by atoms with E-state index in [0.717, 1.165) is 42.9 Å². The minimum Gasteiger partial charge on any atom is -0.486 e. The maximum absolute atomic E-state index is 12.2. The highest BCUT2D eigenvalue weighted by molar-refractivity contribution is 5.92. The van der Waals surface area contributed by atoms with Gasteiger partial charge in [-0.2, -0.15) is 0 Å². The quantitative estimate of drug-likeness (QED) is 0.919. The molecule has 5 heteroatoms. The molecule has 2 aromatic rings. The van der Waals surface area contributed by atoms with Crippen molar-refractivity contribution in [2.24, 2.45) is 13.0 Å². The fourth-order valence-electron chi connectivity index (χ4n) is 2.93. The first-order valence-electron chi connectivity index (χ1n) is 8.22. The van der Waals surface area contributed by atoms with Gasteiger partial charge in [-0.1, -0.05) is 19.3 Å². The van der Waals surface area contributed by atoms with Crippen LogP contribution in [0.2, 0.25) is 0 Å². The van der Waals surface area contributed by atoms with Crippen molar-refractivity contribution < 1.29 is 9.53 Å². The SMILES string of the molecule is Cn1ccnc1COc1ccc(NC(=O)C2CCCCC2)cc1. The van der Waals surface area contributed by atoms with Crippen LogP contribution >= 0.6 is 0 Å². The first-order chi connectivity index (χ1) is 11.2. The van der Waals surface area contributed by atoms with Gasteiger partial charge in [0.2, 0.25) is 5.91 Å². The molecule has 23 heavy (non-hydrogen) atoms. The van der Waals surface area contributed by atoms with Crippen molar-refractivity contribution in [2.75, 3.05) is 5.32 Å². The standard InChI is InChI=1S/C18H23N3O2/c1-21-12-11-19-17(21)13-23-16-9-7-15(8-10-16)20-18(22)14-5-3-2-4-6-14/h7-12,14H,2-6,13H2,1H3,(H,20,22). The molecule has 1 heterocycles. The number of nitrogens with one attached hydrogen (secondary N) is 1. The molecule has 5 nitrogen and oxygen atoms in total. The minimum atomic E-state index is 0.145. The Hall–Kier alpha value is -2.30. The van der Waals surface area contributed by atoms with Gasteiger partial charge in [0.1, 0.15) is 18.2 Å². The highest BCUT2D eigenvalue weighted by Gasteiger charge is 2.20. The van der Waals surface area contributed by atoms with Gasteiger partial charge in [-0.05, 0) is 37.1 Å². The molecule has 1 saturated carbocycles. The van der Waals surface area contributed by atoms with Gasteiger partial charge < -0.3 is 14.6 Å². The predicted octanol–water partition coefficient (Wildman–Crippen LogP) is 3.52. The smallest absolute Gasteiger partial charge is 0.227 e. The molecule has 1 amide bonds. The van der Waals surface area contributed by atoms with Crippen molar-refractivity contribution in [1.82, 2.24) is 9.55 Å². The normalized spacial score (nSPS) is 15.3. The number of carbonyl (C=O) groups is 1. The Morgan fingerprint density at radius 2 is 2.00 bits per heavy atom. The Bertz CT molecular complexity index is 643. The molecule has 1 aliphatic carbocycles. The van der Waals surface area contributed by atoms with Crippen LogP contribution in [0, 0.1) is 5.92 Å². The van der Waals surface area contributed by atoms with Crippen LogP contribution in [-0.2, 0) is 18.4 Å². The average Bonchev–Trinajstić information content (AvgIpc) is 3.00. The number of carbonyl (C=O) groups excluding carboxylic acids is 1. The van der Waals surface area contributed by atoms with Crippen LogP contribution in [0.4, 0.5) is 5.69 Å². The number of benzene rings is 1. The summed E-state index contributed by atoms with van der Waals surface area (Å²) < 4.78 is 7.64. The van der Waals surface area contributed by atoms with E-state index in [1.54, 1.807) is 6.20 Å². The van der Waals surface area contributed by atoms with Crippen LogP contribution in [0.5, 0.6) is 5.75 Å². The third kappa shape index (κ3) is 4.12. The van der Waals surface area contributed by atoms with Crippen molar-refractivity contribution in [2.45, 2.75) is 38.7 Å². The number of aromatic nitrogens is 2. The number of hydrogen-bond acceptors (Lipinski definition) is 3. The number of ether oxygens (including phenoxy) is 1. The summed E-state index contributed by atoms with van der Waals surface area (Å²) in [6.45, 7) is 0.428. The fraction of sp³-hybridized carbons (Fsp3) is 0.444. The van der Waals surface area contributed by atoms with Gasteiger partial charge in [0, 0.05) is 31.0 Å². The number of rotatable bonds is 5. The molecule has 1 aromatic heterocycles. The van der Waals surface area contributed by atoms with Gasteiger partial charge in [0.15, 0.2) is 0 Å². The molecule has 3 rings (SSSR count). The molecule has 1 aromatic carbocycles. The van der Waals surface area contributed by atoms with E-state index in [-0.39, 0.29) is 11.8 Å². The molecule has 1 N–H and O–H groups in total. The van der Waals surface area contributed by atoms with E-state index in [0.29, 0.717) is 6.61 Å². The topological polar surface area (TPSA) is 56.1 Å². The van der Waals surface area contributed by atoms with E-state index < -0.39 is 0 Å². The maximum Gasteiger partial charge on any atom is 0.227 e. The summed E-state index contributed by atoms with van der Waals surface area (Å²) in [5.41, 5.74) is 0.824. The third-order valence-electron chi connectivity index (χ3n) is 4.39. The predicted molar refractivity (Wildman–Crippen MR) is 89.2 cm³/mol. The van der Waals surface area contributed by atoms with E-state index in [9.17, 15) is 4.79 Å². The fourth-order valence-corrected chi connectivity index (χ4v) is 2.93. The number of aryl methyl sites for hydroxylation is 1. The summed E-state index contributed by atoms with van der Waals surface area (Å²) >= 11 is 0. The largest absolute Gasteiger partial charge is 0.486 e. The number of hydrogen-bond donors (Lipinski definition) is 1. The summed E-state index contributed by atoms with van der Waals surface area (Å²) in [5, 5.41) is 3.01. The van der Waals surface area contributed by atoms with E-state index in [4.69, 9.17) is 4.74 Å². The molecule has 1 aliphatic rings. The maximum atomic E-state index is 12.2. The average molecular weight is 313 g/mol. The number of imidazole rings is 1. The zero-order valence-corrected chi connectivity index (χ0v) is 13.5. The lowest BCUT2D eigenvalue weighted by molar-refractivity contribution is -0.120. The van der Waals surface area contributed by atoms with Crippen molar-refractivity contribution in [1.29, 1.82) is 0 Å². The molecule has 0 saturated heterocycles. The van der Waals surface area contributed by atoms with Crippen LogP contribution in [0.15, 0.2) is 36.7 Å². The minimum absolute atomic E-state index is 0.145. The summed E-state index contributed by atoms with van der Waals surface area (Å²) in [6, 6.07) is 7.52. The lowest BCUT2D eigenvalue weighted by Crippen LogP contribution is -2.24. The van der Waals surface area contributed by atoms with Crippen molar-refractivity contribution in [3.8, 4) is 5.75 Å². The molecular formula is C18H23N3O2. The lowest BCUT2D eigenvalue weighted by atomic mass is 9.88. The van der Waals surface area contributed by atoms with Gasteiger partial charge in [-0.3, -0.25) is 4.79 Å². The lowest BCUT2D eigenvalue weighted by Gasteiger charge is -2.20. The van der Waals surface area contributed by atoms with Gasteiger partial charge in [0.05, 0.1) is 0 Å². The number of amides is 1. The summed E-state index contributed by atoms with van der Waals surface area (Å²) in [4.78, 5) is 16.4. The molecule has 122 valence electrons. The molecule has 0 unspecified atom stereocenters. The van der Waals surface area contributed by atoms with Crippen LogP contribution < -0.4 is 10.1 Å². The van der Waals surface area contributed by atoms with Crippen molar-refractivity contribution in [3.05, 3.63) is 42.5 Å². The zero-order chi connectivity index (χ0) is 16.1. The molecule has 0 aliphatic heterocycles. The third-order valence-corrected chi connectivity index (χ3v) is 4.39. The van der Waals surface area contributed by atoms with E-state index >= 15 is 0 Å². The second-order valence-electron chi connectivity index (χ2n) is 6.09. The molecule has 0 radical (unpaired) electrons. The molecule has 0 bridgehead atoms. The molecule has 0 atom stereocenters. The van der Waals surface area contributed by atoms with Gasteiger partial charge >= 0.3 is 0 Å². The Morgan fingerprint density at radius 3 is 2.65 bits per heavy atom. The first kappa shape index (κ1) is 15.6. The Morgan fingerprint density at radius 1 is 1.26 bits per heavy atom. The second kappa shape index (κ2) is 7.31. The van der Waals surface area contributed by atoms with Crippen LogP contribution in [0.25, 0.3) is 0 Å². The number of anilines is 1. The second-order valence-corrected chi connectivity index (χ2v) is 6.09. The monoisotopic (exact) mass is 313 g/mol. The Kier molecular flexibility index (Phi) is 4.95. The highest BCUT2D eigenvalue weighted by Crippen LogP contribution is 2.25. The summed E-state index contributed by atoms with van der Waals surface area (Å²) in [7, 11) is 1.94. The zero-order valence-electron chi connectivity index (χ0n) is 13.5. The van der Waals surface area contributed by atoms with Crippen molar-refractivity contribution >= 4 is 11.6 Å². The summed E-state index contributed by atoms with van der Waals surface area (Å²) in [6.07, 6.45) is 9.25. The van der Waals surface area contributed by atoms with E-state index in [2.05, 4.69) is 10.3 Å². The van der Waals surface area contributed by atoms with Crippen molar-refractivity contribution in [3.63, 3.8) is 0 Å². The highest BCUT2D eigenvalue weighted by atomic mass is 16.5.